The smallest absolute Gasteiger partial charge is 0.409 e. The molecule has 0 atom stereocenters. The molecule has 19 heavy (non-hydrogen) atoms. The minimum atomic E-state index is -0.221. The number of pyridine rings is 1. The third kappa shape index (κ3) is 3.81. The highest BCUT2D eigenvalue weighted by Gasteiger charge is 2.22. The fraction of sp³-hybridized carbons (Fsp3) is 0.538. The van der Waals surface area contributed by atoms with E-state index in [1.54, 1.807) is 11.1 Å². The molecule has 1 aliphatic heterocycles. The quantitative estimate of drug-likeness (QED) is 0.796. The molecule has 1 fully saturated rings. The number of carbonyl (C=O) groups is 1. The maximum Gasteiger partial charge on any atom is 0.409 e. The lowest BCUT2D eigenvalue weighted by molar-refractivity contribution is 0.0778. The van der Waals surface area contributed by atoms with Crippen LogP contribution in [0, 0.1) is 0 Å². The molecule has 1 aliphatic rings. The maximum absolute atomic E-state index is 11.6. The Hall–Kier alpha value is -1.33. The lowest BCUT2D eigenvalue weighted by Gasteiger charge is -2.34. The Kier molecular flexibility index (Phi) is 4.99. The molecule has 1 saturated heterocycles. The van der Waals surface area contributed by atoms with Crippen molar-refractivity contribution in [3.8, 4) is 0 Å². The summed E-state index contributed by atoms with van der Waals surface area (Å²) in [5.41, 5.74) is 1.02. The van der Waals surface area contributed by atoms with E-state index >= 15 is 0 Å². The highest BCUT2D eigenvalue weighted by Crippen LogP contribution is 2.15. The van der Waals surface area contributed by atoms with E-state index in [0.29, 0.717) is 24.8 Å². The van der Waals surface area contributed by atoms with Crippen molar-refractivity contribution in [3.63, 3.8) is 0 Å². The van der Waals surface area contributed by atoms with Crippen molar-refractivity contribution in [3.05, 3.63) is 29.0 Å². The maximum atomic E-state index is 11.6. The fourth-order valence-corrected chi connectivity index (χ4v) is 2.26. The van der Waals surface area contributed by atoms with Gasteiger partial charge >= 0.3 is 6.09 Å². The Balaban J connectivity index is 1.84. The lowest BCUT2D eigenvalue weighted by Crippen LogP contribution is -2.48. The average molecular weight is 284 g/mol. The van der Waals surface area contributed by atoms with Crippen molar-refractivity contribution >= 4 is 17.7 Å². The summed E-state index contributed by atoms with van der Waals surface area (Å²) >= 11 is 6.04. The van der Waals surface area contributed by atoms with Crippen LogP contribution in [0.5, 0.6) is 0 Å². The van der Waals surface area contributed by atoms with Gasteiger partial charge in [-0.25, -0.2) is 9.78 Å². The SMILES string of the molecule is CCOC(=O)N1CCN(Cc2cccnc2Cl)CC1. The predicted molar refractivity (Wildman–Crippen MR) is 73.1 cm³/mol. The normalized spacial score (nSPS) is 16.4. The second kappa shape index (κ2) is 6.73. The van der Waals surface area contributed by atoms with E-state index in [0.717, 1.165) is 25.2 Å². The molecule has 5 nitrogen and oxygen atoms in total. The molecule has 1 aromatic heterocycles. The number of halogens is 1. The molecule has 0 unspecified atom stereocenters. The Bertz CT molecular complexity index is 434. The van der Waals surface area contributed by atoms with Gasteiger partial charge in [-0.3, -0.25) is 4.90 Å². The van der Waals surface area contributed by atoms with Crippen molar-refractivity contribution < 1.29 is 9.53 Å². The third-order valence-electron chi connectivity index (χ3n) is 3.13. The van der Waals surface area contributed by atoms with E-state index in [-0.39, 0.29) is 6.09 Å². The topological polar surface area (TPSA) is 45.7 Å². The molecule has 0 aliphatic carbocycles. The van der Waals surface area contributed by atoms with Gasteiger partial charge in [0.2, 0.25) is 0 Å². The Morgan fingerprint density at radius 3 is 2.79 bits per heavy atom. The first-order valence-electron chi connectivity index (χ1n) is 6.44. The molecule has 0 saturated carbocycles. The number of aromatic nitrogens is 1. The monoisotopic (exact) mass is 283 g/mol. The van der Waals surface area contributed by atoms with E-state index in [1.165, 1.54) is 0 Å². The van der Waals surface area contributed by atoms with Gasteiger partial charge < -0.3 is 9.64 Å². The third-order valence-corrected chi connectivity index (χ3v) is 3.47. The number of ether oxygens (including phenoxy) is 1. The molecule has 1 aromatic rings. The highest BCUT2D eigenvalue weighted by molar-refractivity contribution is 6.30. The summed E-state index contributed by atoms with van der Waals surface area (Å²) in [5.74, 6) is 0. The van der Waals surface area contributed by atoms with E-state index in [9.17, 15) is 4.79 Å². The minimum absolute atomic E-state index is 0.221. The largest absolute Gasteiger partial charge is 0.450 e. The van der Waals surface area contributed by atoms with Crippen molar-refractivity contribution in [2.45, 2.75) is 13.5 Å². The number of rotatable bonds is 3. The van der Waals surface area contributed by atoms with Gasteiger partial charge in [-0.15, -0.1) is 0 Å². The molecule has 0 radical (unpaired) electrons. The number of piperazine rings is 1. The van der Waals surface area contributed by atoms with Gasteiger partial charge in [-0.2, -0.15) is 0 Å². The summed E-state index contributed by atoms with van der Waals surface area (Å²) < 4.78 is 4.99. The summed E-state index contributed by atoms with van der Waals surface area (Å²) in [6.45, 7) is 6.04. The number of nitrogens with zero attached hydrogens (tertiary/aromatic N) is 3. The van der Waals surface area contributed by atoms with Crippen LogP contribution in [0.4, 0.5) is 4.79 Å². The summed E-state index contributed by atoms with van der Waals surface area (Å²) in [7, 11) is 0. The zero-order chi connectivity index (χ0) is 13.7. The molecule has 2 rings (SSSR count). The zero-order valence-electron chi connectivity index (χ0n) is 11.0. The number of hydrogen-bond donors (Lipinski definition) is 0. The van der Waals surface area contributed by atoms with Gasteiger partial charge in [0.1, 0.15) is 5.15 Å². The molecule has 1 amide bonds. The van der Waals surface area contributed by atoms with Crippen LogP contribution in [0.1, 0.15) is 12.5 Å². The van der Waals surface area contributed by atoms with Gasteiger partial charge in [0.25, 0.3) is 0 Å². The van der Waals surface area contributed by atoms with E-state index in [4.69, 9.17) is 16.3 Å². The highest BCUT2D eigenvalue weighted by atomic mass is 35.5. The first-order valence-corrected chi connectivity index (χ1v) is 6.82. The Labute approximate surface area is 118 Å². The summed E-state index contributed by atoms with van der Waals surface area (Å²) in [4.78, 5) is 19.6. The predicted octanol–water partition coefficient (Wildman–Crippen LogP) is 2.01. The first kappa shape index (κ1) is 14.1. The standard InChI is InChI=1S/C13H18ClN3O2/c1-2-19-13(18)17-8-6-16(7-9-17)10-11-4-3-5-15-12(11)14/h3-5H,2,6-10H2,1H3. The van der Waals surface area contributed by atoms with E-state index in [1.807, 2.05) is 19.1 Å². The second-order valence-electron chi connectivity index (χ2n) is 4.42. The molecule has 0 aromatic carbocycles. The van der Waals surface area contributed by atoms with Crippen LogP contribution >= 0.6 is 11.6 Å². The summed E-state index contributed by atoms with van der Waals surface area (Å²) in [6, 6.07) is 3.86. The molecular weight excluding hydrogens is 266 g/mol. The number of amides is 1. The molecule has 0 bridgehead atoms. The zero-order valence-corrected chi connectivity index (χ0v) is 11.8. The van der Waals surface area contributed by atoms with Gasteiger partial charge in [0.15, 0.2) is 0 Å². The molecular formula is C13H18ClN3O2. The molecule has 0 N–H and O–H groups in total. The van der Waals surface area contributed by atoms with Crippen molar-refractivity contribution in [2.75, 3.05) is 32.8 Å². The first-order chi connectivity index (χ1) is 9.20. The number of hydrogen-bond acceptors (Lipinski definition) is 4. The van der Waals surface area contributed by atoms with E-state index < -0.39 is 0 Å². The summed E-state index contributed by atoms with van der Waals surface area (Å²) in [5, 5.41) is 0.551. The van der Waals surface area contributed by atoms with Crippen molar-refractivity contribution in [1.82, 2.24) is 14.8 Å². The van der Waals surface area contributed by atoms with Crippen LogP contribution in [-0.2, 0) is 11.3 Å². The van der Waals surface area contributed by atoms with Gasteiger partial charge in [-0.05, 0) is 13.0 Å². The van der Waals surface area contributed by atoms with Crippen LogP contribution in [0.25, 0.3) is 0 Å². The van der Waals surface area contributed by atoms with Crippen LogP contribution < -0.4 is 0 Å². The van der Waals surface area contributed by atoms with Crippen molar-refractivity contribution in [1.29, 1.82) is 0 Å². The van der Waals surface area contributed by atoms with Gasteiger partial charge in [-0.1, -0.05) is 17.7 Å². The van der Waals surface area contributed by atoms with Crippen molar-refractivity contribution in [2.24, 2.45) is 0 Å². The molecule has 0 spiro atoms. The Morgan fingerprint density at radius 1 is 1.42 bits per heavy atom. The molecule has 6 heteroatoms. The van der Waals surface area contributed by atoms with Crippen LogP contribution in [-0.4, -0.2) is 53.7 Å². The molecule has 104 valence electrons. The van der Waals surface area contributed by atoms with Gasteiger partial charge in [0.05, 0.1) is 6.61 Å². The van der Waals surface area contributed by atoms with Gasteiger partial charge in [0, 0.05) is 44.5 Å². The van der Waals surface area contributed by atoms with Crippen LogP contribution in [0.2, 0.25) is 5.15 Å². The van der Waals surface area contributed by atoms with E-state index in [2.05, 4.69) is 9.88 Å². The number of carbonyl (C=O) groups excluding carboxylic acids is 1. The average Bonchev–Trinajstić information content (AvgIpc) is 2.42. The Morgan fingerprint density at radius 2 is 2.16 bits per heavy atom. The molecule has 2 heterocycles. The summed E-state index contributed by atoms with van der Waals surface area (Å²) in [6.07, 6.45) is 1.46. The van der Waals surface area contributed by atoms with Crippen LogP contribution in [0.3, 0.4) is 0 Å². The fourth-order valence-electron chi connectivity index (χ4n) is 2.08. The minimum Gasteiger partial charge on any atom is -0.450 e. The second-order valence-corrected chi connectivity index (χ2v) is 4.77. The van der Waals surface area contributed by atoms with Crippen LogP contribution in [0.15, 0.2) is 18.3 Å². The lowest BCUT2D eigenvalue weighted by atomic mass is 10.2.